The van der Waals surface area contributed by atoms with Gasteiger partial charge in [-0.05, 0) is 36.8 Å². The Labute approximate surface area is 88.6 Å². The predicted molar refractivity (Wildman–Crippen MR) is 57.5 cm³/mol. The summed E-state index contributed by atoms with van der Waals surface area (Å²) in [6, 6.07) is 4.07. The zero-order valence-electron chi connectivity index (χ0n) is 8.13. The fraction of sp³-hybridized carbons (Fsp3) is 0.455. The number of H-pyrrole nitrogens is 1. The second kappa shape index (κ2) is 3.55. The van der Waals surface area contributed by atoms with Crippen molar-refractivity contribution in [2.75, 3.05) is 0 Å². The number of nitriles is 1. The van der Waals surface area contributed by atoms with E-state index in [1.807, 2.05) is 6.07 Å². The van der Waals surface area contributed by atoms with Gasteiger partial charge in [0.25, 0.3) is 0 Å². The molecule has 1 heterocycles. The van der Waals surface area contributed by atoms with Crippen LogP contribution in [-0.4, -0.2) is 4.98 Å². The highest BCUT2D eigenvalue weighted by molar-refractivity contribution is 7.71. The number of nitrogens with one attached hydrogen (secondary N) is 1. The molecule has 1 unspecified atom stereocenters. The van der Waals surface area contributed by atoms with Crippen molar-refractivity contribution in [2.24, 2.45) is 5.92 Å². The molecule has 0 amide bonds. The first-order chi connectivity index (χ1) is 6.70. The molecule has 1 aliphatic carbocycles. The summed E-state index contributed by atoms with van der Waals surface area (Å²) in [4.78, 5) is 3.16. The third kappa shape index (κ3) is 1.58. The SMILES string of the molecule is CC1CCc2[nH]c(=S)c(C#N)cc2C1. The van der Waals surface area contributed by atoms with Crippen molar-refractivity contribution in [3.8, 4) is 6.07 Å². The van der Waals surface area contributed by atoms with Crippen molar-refractivity contribution in [3.63, 3.8) is 0 Å². The second-order valence-corrected chi connectivity index (χ2v) is 4.38. The van der Waals surface area contributed by atoms with Crippen molar-refractivity contribution < 1.29 is 0 Å². The molecule has 1 aliphatic rings. The smallest absolute Gasteiger partial charge is 0.121 e. The Morgan fingerprint density at radius 1 is 1.64 bits per heavy atom. The van der Waals surface area contributed by atoms with Crippen LogP contribution in [0.4, 0.5) is 0 Å². The lowest BCUT2D eigenvalue weighted by molar-refractivity contribution is 0.493. The Bertz CT molecular complexity index is 453. The molecule has 72 valence electrons. The number of aryl methyl sites for hydroxylation is 1. The number of hydrogen-bond donors (Lipinski definition) is 1. The Kier molecular flexibility index (Phi) is 2.39. The molecular formula is C11H12N2S. The molecule has 0 spiro atoms. The number of pyridine rings is 1. The average Bonchev–Trinajstić information content (AvgIpc) is 2.17. The lowest BCUT2D eigenvalue weighted by Crippen LogP contribution is -2.13. The van der Waals surface area contributed by atoms with E-state index < -0.39 is 0 Å². The standard InChI is InChI=1S/C11H12N2S/c1-7-2-3-10-8(4-7)5-9(6-12)11(14)13-10/h5,7H,2-4H2,1H3,(H,13,14). The van der Waals surface area contributed by atoms with Gasteiger partial charge in [0, 0.05) is 5.69 Å². The van der Waals surface area contributed by atoms with Crippen molar-refractivity contribution in [1.29, 1.82) is 5.26 Å². The fourth-order valence-corrected chi connectivity index (χ4v) is 2.20. The van der Waals surface area contributed by atoms with E-state index >= 15 is 0 Å². The van der Waals surface area contributed by atoms with Gasteiger partial charge in [-0.2, -0.15) is 5.26 Å². The Hall–Kier alpha value is -1.14. The van der Waals surface area contributed by atoms with Gasteiger partial charge in [-0.1, -0.05) is 19.1 Å². The maximum Gasteiger partial charge on any atom is 0.121 e. The molecule has 2 rings (SSSR count). The van der Waals surface area contributed by atoms with Gasteiger partial charge in [-0.15, -0.1) is 0 Å². The van der Waals surface area contributed by atoms with Crippen LogP contribution in [0.5, 0.6) is 0 Å². The molecule has 1 aromatic rings. The first kappa shape index (κ1) is 9.42. The van der Waals surface area contributed by atoms with Gasteiger partial charge in [-0.25, -0.2) is 0 Å². The quantitative estimate of drug-likeness (QED) is 0.660. The van der Waals surface area contributed by atoms with Gasteiger partial charge in [-0.3, -0.25) is 0 Å². The van der Waals surface area contributed by atoms with Crippen LogP contribution in [0.3, 0.4) is 0 Å². The maximum absolute atomic E-state index is 8.85. The highest BCUT2D eigenvalue weighted by atomic mass is 32.1. The Morgan fingerprint density at radius 3 is 3.14 bits per heavy atom. The second-order valence-electron chi connectivity index (χ2n) is 3.98. The van der Waals surface area contributed by atoms with Crippen molar-refractivity contribution in [1.82, 2.24) is 4.98 Å². The zero-order chi connectivity index (χ0) is 10.1. The van der Waals surface area contributed by atoms with E-state index in [-0.39, 0.29) is 0 Å². The molecule has 0 aliphatic heterocycles. The van der Waals surface area contributed by atoms with Gasteiger partial charge in [0.2, 0.25) is 0 Å². The van der Waals surface area contributed by atoms with E-state index in [4.69, 9.17) is 17.5 Å². The van der Waals surface area contributed by atoms with Gasteiger partial charge in [0.05, 0.1) is 5.56 Å². The predicted octanol–water partition coefficient (Wildman–Crippen LogP) is 2.74. The minimum atomic E-state index is 0.584. The molecule has 0 aromatic carbocycles. The third-order valence-electron chi connectivity index (χ3n) is 2.79. The molecule has 14 heavy (non-hydrogen) atoms. The summed E-state index contributed by atoms with van der Waals surface area (Å²) in [5.74, 6) is 0.721. The number of fused-ring (bicyclic) bond motifs is 1. The zero-order valence-corrected chi connectivity index (χ0v) is 8.95. The summed E-state index contributed by atoms with van der Waals surface area (Å²) in [5, 5.41) is 8.85. The number of hydrogen-bond acceptors (Lipinski definition) is 2. The molecule has 0 fully saturated rings. The maximum atomic E-state index is 8.85. The average molecular weight is 204 g/mol. The van der Waals surface area contributed by atoms with Crippen LogP contribution < -0.4 is 0 Å². The molecule has 0 radical (unpaired) electrons. The highest BCUT2D eigenvalue weighted by Crippen LogP contribution is 2.24. The monoisotopic (exact) mass is 204 g/mol. The van der Waals surface area contributed by atoms with Gasteiger partial charge < -0.3 is 4.98 Å². The third-order valence-corrected chi connectivity index (χ3v) is 3.11. The molecule has 2 nitrogen and oxygen atoms in total. The molecule has 1 N–H and O–H groups in total. The number of nitrogens with zero attached hydrogens (tertiary/aromatic N) is 1. The summed E-state index contributed by atoms with van der Waals surface area (Å²) in [6.45, 7) is 2.25. The molecule has 1 aromatic heterocycles. The van der Waals surface area contributed by atoms with Crippen LogP contribution in [0, 0.1) is 21.9 Å². The van der Waals surface area contributed by atoms with Gasteiger partial charge >= 0.3 is 0 Å². The fourth-order valence-electron chi connectivity index (χ4n) is 1.97. The number of aromatic nitrogens is 1. The van der Waals surface area contributed by atoms with E-state index in [1.54, 1.807) is 0 Å². The van der Waals surface area contributed by atoms with E-state index in [0.29, 0.717) is 10.2 Å². The Balaban J connectivity index is 2.53. The summed E-state index contributed by atoms with van der Waals surface area (Å²) < 4.78 is 0.584. The van der Waals surface area contributed by atoms with Crippen molar-refractivity contribution in [3.05, 3.63) is 27.5 Å². The summed E-state index contributed by atoms with van der Waals surface area (Å²) >= 11 is 5.09. The van der Waals surface area contributed by atoms with E-state index in [1.165, 1.54) is 17.7 Å². The van der Waals surface area contributed by atoms with Crippen molar-refractivity contribution >= 4 is 12.2 Å². The molecule has 0 saturated carbocycles. The van der Waals surface area contributed by atoms with Crippen LogP contribution in [0.2, 0.25) is 0 Å². The highest BCUT2D eigenvalue weighted by Gasteiger charge is 2.16. The summed E-state index contributed by atoms with van der Waals surface area (Å²) in [6.07, 6.45) is 3.34. The molecule has 1 atom stereocenters. The van der Waals surface area contributed by atoms with Crippen LogP contribution in [0.1, 0.15) is 30.2 Å². The molecular weight excluding hydrogens is 192 g/mol. The van der Waals surface area contributed by atoms with Crippen LogP contribution in [0.15, 0.2) is 6.07 Å². The van der Waals surface area contributed by atoms with Crippen LogP contribution >= 0.6 is 12.2 Å². The van der Waals surface area contributed by atoms with Gasteiger partial charge in [0.1, 0.15) is 10.7 Å². The van der Waals surface area contributed by atoms with Crippen LogP contribution in [-0.2, 0) is 12.8 Å². The normalized spacial score (nSPS) is 19.9. The van der Waals surface area contributed by atoms with Crippen LogP contribution in [0.25, 0.3) is 0 Å². The lowest BCUT2D eigenvalue weighted by Gasteiger charge is -2.21. The minimum Gasteiger partial charge on any atom is -0.349 e. The number of aromatic amines is 1. The van der Waals surface area contributed by atoms with E-state index in [2.05, 4.69) is 18.0 Å². The molecule has 0 bridgehead atoms. The topological polar surface area (TPSA) is 39.6 Å². The summed E-state index contributed by atoms with van der Waals surface area (Å²) in [7, 11) is 0. The number of rotatable bonds is 0. The van der Waals surface area contributed by atoms with E-state index in [9.17, 15) is 0 Å². The first-order valence-corrected chi connectivity index (χ1v) is 5.26. The van der Waals surface area contributed by atoms with E-state index in [0.717, 1.165) is 18.8 Å². The first-order valence-electron chi connectivity index (χ1n) is 4.86. The van der Waals surface area contributed by atoms with Crippen molar-refractivity contribution in [2.45, 2.75) is 26.2 Å². The minimum absolute atomic E-state index is 0.584. The largest absolute Gasteiger partial charge is 0.349 e. The molecule has 0 saturated heterocycles. The summed E-state index contributed by atoms with van der Waals surface area (Å²) in [5.41, 5.74) is 3.11. The Morgan fingerprint density at radius 2 is 2.43 bits per heavy atom. The lowest BCUT2D eigenvalue weighted by atomic mass is 9.87. The molecule has 3 heteroatoms. The van der Waals surface area contributed by atoms with Gasteiger partial charge in [0.15, 0.2) is 0 Å².